The van der Waals surface area contributed by atoms with Crippen LogP contribution in [0.3, 0.4) is 0 Å². The molecule has 0 N–H and O–H groups in total. The maximum atomic E-state index is 12.6. The Labute approximate surface area is 139 Å². The number of hydrogen-bond acceptors (Lipinski definition) is 2. The fourth-order valence-electron chi connectivity index (χ4n) is 3.14. The molecule has 0 unspecified atom stereocenters. The monoisotopic (exact) mass is 316 g/mol. The number of benzene rings is 1. The first-order chi connectivity index (χ1) is 11.1. The van der Waals surface area contributed by atoms with Crippen LogP contribution in [0.5, 0.6) is 0 Å². The lowest BCUT2D eigenvalue weighted by Crippen LogP contribution is -2.39. The van der Waals surface area contributed by atoms with Crippen molar-refractivity contribution >= 4 is 17.5 Å². The average Bonchev–Trinajstić information content (AvgIpc) is 2.56. The van der Waals surface area contributed by atoms with Gasteiger partial charge in [0.1, 0.15) is 0 Å². The number of unbranched alkanes of at least 4 members (excludes halogenated alkanes) is 2. The highest BCUT2D eigenvalue weighted by molar-refractivity contribution is 5.94. The van der Waals surface area contributed by atoms with Gasteiger partial charge in [-0.15, -0.1) is 0 Å². The molecule has 0 saturated heterocycles. The van der Waals surface area contributed by atoms with E-state index in [1.54, 1.807) is 6.92 Å². The zero-order valence-electron chi connectivity index (χ0n) is 14.4. The van der Waals surface area contributed by atoms with E-state index >= 15 is 0 Å². The summed E-state index contributed by atoms with van der Waals surface area (Å²) < 4.78 is 0. The van der Waals surface area contributed by atoms with Crippen molar-refractivity contribution < 1.29 is 9.59 Å². The maximum absolute atomic E-state index is 12.6. The van der Waals surface area contributed by atoms with Gasteiger partial charge >= 0.3 is 0 Å². The van der Waals surface area contributed by atoms with E-state index < -0.39 is 0 Å². The summed E-state index contributed by atoms with van der Waals surface area (Å²) in [6.07, 6.45) is 5.72. The van der Waals surface area contributed by atoms with Gasteiger partial charge in [0.05, 0.1) is 0 Å². The maximum Gasteiger partial charge on any atom is 0.228 e. The van der Waals surface area contributed by atoms with Crippen LogP contribution in [0.4, 0.5) is 5.69 Å². The van der Waals surface area contributed by atoms with E-state index in [-0.39, 0.29) is 11.8 Å². The Hall–Kier alpha value is -1.84. The minimum Gasteiger partial charge on any atom is -0.342 e. The highest BCUT2D eigenvalue weighted by Crippen LogP contribution is 2.27. The lowest BCUT2D eigenvalue weighted by Gasteiger charge is -2.30. The smallest absolute Gasteiger partial charge is 0.228 e. The van der Waals surface area contributed by atoms with Gasteiger partial charge in [-0.3, -0.25) is 9.59 Å². The molecule has 0 aromatic heterocycles. The Bertz CT molecular complexity index is 542. The Morgan fingerprint density at radius 3 is 2.70 bits per heavy atom. The molecule has 1 aliphatic heterocycles. The first-order valence-corrected chi connectivity index (χ1v) is 8.77. The van der Waals surface area contributed by atoms with Crippen LogP contribution in [0.1, 0.15) is 51.5 Å². The second-order valence-electron chi connectivity index (χ2n) is 6.24. The molecule has 1 heterocycles. The topological polar surface area (TPSA) is 40.6 Å². The number of amides is 2. The van der Waals surface area contributed by atoms with Gasteiger partial charge in [-0.2, -0.15) is 0 Å². The molecule has 0 spiro atoms. The predicted molar refractivity (Wildman–Crippen MR) is 93.5 cm³/mol. The molecule has 1 aliphatic rings. The van der Waals surface area contributed by atoms with E-state index in [1.165, 1.54) is 5.56 Å². The molecule has 0 aliphatic carbocycles. The van der Waals surface area contributed by atoms with Crippen LogP contribution >= 0.6 is 0 Å². The molecular formula is C19H28N2O2. The molecule has 1 aromatic rings. The number of hydrogen-bond donors (Lipinski definition) is 0. The van der Waals surface area contributed by atoms with E-state index in [0.717, 1.165) is 50.9 Å². The van der Waals surface area contributed by atoms with E-state index in [4.69, 9.17) is 0 Å². The molecule has 0 bridgehead atoms. The van der Waals surface area contributed by atoms with Crippen LogP contribution < -0.4 is 4.90 Å². The Morgan fingerprint density at radius 1 is 1.17 bits per heavy atom. The Morgan fingerprint density at radius 2 is 1.96 bits per heavy atom. The number of carbonyl (C=O) groups is 2. The Balaban J connectivity index is 1.92. The molecule has 1 aromatic carbocycles. The van der Waals surface area contributed by atoms with Crippen LogP contribution in [-0.2, 0) is 16.0 Å². The molecule has 0 fully saturated rings. The summed E-state index contributed by atoms with van der Waals surface area (Å²) in [5, 5.41) is 0. The number of nitrogens with zero attached hydrogens (tertiary/aromatic N) is 2. The van der Waals surface area contributed by atoms with Gasteiger partial charge in [0.25, 0.3) is 0 Å². The minimum atomic E-state index is 0.0629. The van der Waals surface area contributed by atoms with Crippen LogP contribution in [0, 0.1) is 0 Å². The molecular weight excluding hydrogens is 288 g/mol. The van der Waals surface area contributed by atoms with Crippen molar-refractivity contribution in [3.05, 3.63) is 29.8 Å². The summed E-state index contributed by atoms with van der Waals surface area (Å²) in [6, 6.07) is 8.13. The first kappa shape index (κ1) is 17.5. The van der Waals surface area contributed by atoms with Gasteiger partial charge in [0.2, 0.25) is 11.8 Å². The summed E-state index contributed by atoms with van der Waals surface area (Å²) in [5.41, 5.74) is 2.29. The fourth-order valence-corrected chi connectivity index (χ4v) is 3.14. The normalized spacial score (nSPS) is 13.6. The molecule has 23 heavy (non-hydrogen) atoms. The summed E-state index contributed by atoms with van der Waals surface area (Å²) in [5.74, 6) is 0.187. The second kappa shape index (κ2) is 8.70. The lowest BCUT2D eigenvalue weighted by atomic mass is 10.0. The van der Waals surface area contributed by atoms with Crippen molar-refractivity contribution in [1.82, 2.24) is 4.90 Å². The first-order valence-electron chi connectivity index (χ1n) is 8.77. The summed E-state index contributed by atoms with van der Waals surface area (Å²) in [7, 11) is 0. The summed E-state index contributed by atoms with van der Waals surface area (Å²) in [4.78, 5) is 28.0. The van der Waals surface area contributed by atoms with Gasteiger partial charge in [-0.05, 0) is 30.9 Å². The van der Waals surface area contributed by atoms with Gasteiger partial charge in [0.15, 0.2) is 0 Å². The molecule has 0 radical (unpaired) electrons. The standard InChI is InChI=1S/C19H28N2O2/c1-3-4-7-13-20(16(2)22)15-12-19(23)21-14-8-10-17-9-5-6-11-18(17)21/h5-6,9,11H,3-4,7-8,10,12-15H2,1-2H3. The zero-order valence-corrected chi connectivity index (χ0v) is 14.4. The molecule has 126 valence electrons. The van der Waals surface area contributed by atoms with Gasteiger partial charge in [-0.25, -0.2) is 0 Å². The van der Waals surface area contributed by atoms with Crippen molar-refractivity contribution in [3.8, 4) is 0 Å². The minimum absolute atomic E-state index is 0.0629. The highest BCUT2D eigenvalue weighted by Gasteiger charge is 2.22. The molecule has 4 heteroatoms. The molecule has 0 saturated carbocycles. The number of rotatable bonds is 7. The zero-order chi connectivity index (χ0) is 16.7. The van der Waals surface area contributed by atoms with Crippen LogP contribution in [0.25, 0.3) is 0 Å². The van der Waals surface area contributed by atoms with Crippen molar-refractivity contribution in [2.24, 2.45) is 0 Å². The highest BCUT2D eigenvalue weighted by atomic mass is 16.2. The number of carbonyl (C=O) groups excluding carboxylic acids is 2. The SMILES string of the molecule is CCCCCN(CCC(=O)N1CCCc2ccccc21)C(C)=O. The van der Waals surface area contributed by atoms with E-state index in [0.29, 0.717) is 13.0 Å². The number of fused-ring (bicyclic) bond motifs is 1. The summed E-state index contributed by atoms with van der Waals surface area (Å²) in [6.45, 7) is 5.80. The van der Waals surface area contributed by atoms with Gasteiger partial charge in [0, 0.05) is 38.7 Å². The van der Waals surface area contributed by atoms with E-state index in [9.17, 15) is 9.59 Å². The van der Waals surface area contributed by atoms with Crippen LogP contribution in [0.2, 0.25) is 0 Å². The molecule has 2 amide bonds. The quantitative estimate of drug-likeness (QED) is 0.723. The van der Waals surface area contributed by atoms with Crippen molar-refractivity contribution in [3.63, 3.8) is 0 Å². The number of anilines is 1. The third-order valence-electron chi connectivity index (χ3n) is 4.48. The van der Waals surface area contributed by atoms with Crippen LogP contribution in [0.15, 0.2) is 24.3 Å². The van der Waals surface area contributed by atoms with Crippen molar-refractivity contribution in [2.75, 3.05) is 24.5 Å². The molecule has 4 nitrogen and oxygen atoms in total. The van der Waals surface area contributed by atoms with E-state index in [2.05, 4.69) is 13.0 Å². The third-order valence-corrected chi connectivity index (χ3v) is 4.48. The second-order valence-corrected chi connectivity index (χ2v) is 6.24. The Kier molecular flexibility index (Phi) is 6.63. The van der Waals surface area contributed by atoms with E-state index in [1.807, 2.05) is 28.0 Å². The number of aryl methyl sites for hydroxylation is 1. The predicted octanol–water partition coefficient (Wildman–Crippen LogP) is 3.39. The van der Waals surface area contributed by atoms with Crippen molar-refractivity contribution in [1.29, 1.82) is 0 Å². The lowest BCUT2D eigenvalue weighted by molar-refractivity contribution is -0.129. The molecule has 2 rings (SSSR count). The van der Waals surface area contributed by atoms with Crippen molar-refractivity contribution in [2.45, 2.75) is 52.4 Å². The molecule has 0 atom stereocenters. The largest absolute Gasteiger partial charge is 0.342 e. The third kappa shape index (κ3) is 4.81. The number of para-hydroxylation sites is 1. The fraction of sp³-hybridized carbons (Fsp3) is 0.579. The average molecular weight is 316 g/mol. The van der Waals surface area contributed by atoms with Gasteiger partial charge < -0.3 is 9.80 Å². The van der Waals surface area contributed by atoms with Crippen LogP contribution in [-0.4, -0.2) is 36.3 Å². The summed E-state index contributed by atoms with van der Waals surface area (Å²) >= 11 is 0. The van der Waals surface area contributed by atoms with Gasteiger partial charge in [-0.1, -0.05) is 38.0 Å².